The molecule has 0 aromatic carbocycles. The fraction of sp³-hybridized carbons (Fsp3) is 0.375. The van der Waals surface area contributed by atoms with Crippen molar-refractivity contribution in [3.8, 4) is 5.75 Å². The van der Waals surface area contributed by atoms with Gasteiger partial charge in [-0.2, -0.15) is 17.6 Å². The first-order chi connectivity index (χ1) is 6.47. The van der Waals surface area contributed by atoms with Crippen LogP contribution in [0.5, 0.6) is 5.75 Å². The fourth-order valence-electron chi connectivity index (χ4n) is 0.759. The maximum atomic E-state index is 12.4. The second-order valence-electron chi connectivity index (χ2n) is 2.53. The van der Waals surface area contributed by atoms with Crippen molar-refractivity contribution in [1.82, 2.24) is 4.98 Å². The van der Waals surface area contributed by atoms with Crippen molar-refractivity contribution < 1.29 is 22.3 Å². The van der Waals surface area contributed by atoms with Crippen LogP contribution in [0.25, 0.3) is 0 Å². The first kappa shape index (κ1) is 10.7. The van der Waals surface area contributed by atoms with E-state index in [1.54, 1.807) is 0 Å². The molecule has 0 saturated carbocycles. The Balaban J connectivity index is 2.39. The summed E-state index contributed by atoms with van der Waals surface area (Å²) in [6, 6.07) is 2.22. The van der Waals surface area contributed by atoms with Crippen LogP contribution < -0.4 is 4.74 Å². The molecule has 0 radical (unpaired) electrons. The molecule has 1 heterocycles. The maximum Gasteiger partial charge on any atom is 0.392 e. The zero-order valence-electron chi connectivity index (χ0n) is 7.01. The first-order valence-electron chi connectivity index (χ1n) is 3.78. The Bertz CT molecular complexity index is 300. The van der Waals surface area contributed by atoms with E-state index >= 15 is 0 Å². The number of aromatic nitrogens is 1. The van der Waals surface area contributed by atoms with Gasteiger partial charge in [0.05, 0.1) is 13.0 Å². The summed E-state index contributed by atoms with van der Waals surface area (Å²) in [5.74, 6) is -0.740. The SMILES string of the molecule is Fc1cc(OCCC(F)(F)F)ccn1. The van der Waals surface area contributed by atoms with E-state index in [-0.39, 0.29) is 5.75 Å². The summed E-state index contributed by atoms with van der Waals surface area (Å²) < 4.78 is 52.1. The number of nitrogens with zero attached hydrogens (tertiary/aromatic N) is 1. The van der Waals surface area contributed by atoms with Crippen LogP contribution in [0, 0.1) is 5.95 Å². The Morgan fingerprint density at radius 2 is 2.07 bits per heavy atom. The minimum atomic E-state index is -4.26. The van der Waals surface area contributed by atoms with Gasteiger partial charge in [0, 0.05) is 12.3 Å². The highest BCUT2D eigenvalue weighted by Gasteiger charge is 2.26. The fourth-order valence-corrected chi connectivity index (χ4v) is 0.759. The predicted octanol–water partition coefficient (Wildman–Crippen LogP) is 2.55. The van der Waals surface area contributed by atoms with E-state index in [4.69, 9.17) is 0 Å². The van der Waals surface area contributed by atoms with E-state index in [0.29, 0.717) is 0 Å². The van der Waals surface area contributed by atoms with Gasteiger partial charge in [-0.05, 0) is 6.07 Å². The van der Waals surface area contributed by atoms with Gasteiger partial charge in [0.1, 0.15) is 5.75 Å². The van der Waals surface area contributed by atoms with Crippen molar-refractivity contribution in [2.75, 3.05) is 6.61 Å². The molecule has 0 amide bonds. The summed E-state index contributed by atoms with van der Waals surface area (Å²) in [7, 11) is 0. The van der Waals surface area contributed by atoms with Crippen LogP contribution >= 0.6 is 0 Å². The minimum Gasteiger partial charge on any atom is -0.493 e. The van der Waals surface area contributed by atoms with Crippen LogP contribution in [0.15, 0.2) is 18.3 Å². The Kier molecular flexibility index (Phi) is 3.27. The van der Waals surface area contributed by atoms with Gasteiger partial charge in [0.2, 0.25) is 5.95 Å². The molecule has 0 unspecified atom stereocenters. The highest BCUT2D eigenvalue weighted by molar-refractivity contribution is 5.17. The van der Waals surface area contributed by atoms with Crippen molar-refractivity contribution in [3.63, 3.8) is 0 Å². The Morgan fingerprint density at radius 3 is 2.64 bits per heavy atom. The van der Waals surface area contributed by atoms with Crippen molar-refractivity contribution in [1.29, 1.82) is 0 Å². The number of pyridine rings is 1. The van der Waals surface area contributed by atoms with Gasteiger partial charge in [-0.3, -0.25) is 0 Å². The molecule has 2 nitrogen and oxygen atoms in total. The number of ether oxygens (including phenoxy) is 1. The van der Waals surface area contributed by atoms with Crippen LogP contribution in [-0.4, -0.2) is 17.8 Å². The standard InChI is InChI=1S/C8H7F4NO/c9-7-5-6(1-3-13-7)14-4-2-8(10,11)12/h1,3,5H,2,4H2. The second kappa shape index (κ2) is 4.26. The molecule has 0 saturated heterocycles. The molecule has 1 aromatic heterocycles. The summed E-state index contributed by atoms with van der Waals surface area (Å²) >= 11 is 0. The molecule has 0 N–H and O–H groups in total. The number of halogens is 4. The number of hydrogen-bond acceptors (Lipinski definition) is 2. The zero-order valence-corrected chi connectivity index (χ0v) is 7.01. The lowest BCUT2D eigenvalue weighted by atomic mass is 10.4. The molecule has 0 aliphatic rings. The molecule has 0 aliphatic heterocycles. The number of alkyl halides is 3. The second-order valence-corrected chi connectivity index (χ2v) is 2.53. The minimum absolute atomic E-state index is 0.0433. The van der Waals surface area contributed by atoms with E-state index in [1.807, 2.05) is 0 Å². The summed E-state index contributed by atoms with van der Waals surface area (Å²) in [5, 5.41) is 0. The third-order valence-corrected chi connectivity index (χ3v) is 1.35. The molecular formula is C8H7F4NO. The number of hydrogen-bond donors (Lipinski definition) is 0. The molecule has 0 aliphatic carbocycles. The van der Waals surface area contributed by atoms with Gasteiger partial charge >= 0.3 is 6.18 Å². The smallest absolute Gasteiger partial charge is 0.392 e. The normalized spacial score (nSPS) is 11.4. The average molecular weight is 209 g/mol. The molecule has 0 atom stereocenters. The van der Waals surface area contributed by atoms with E-state index in [0.717, 1.165) is 12.3 Å². The molecule has 0 fully saturated rings. The largest absolute Gasteiger partial charge is 0.493 e. The molecule has 78 valence electrons. The average Bonchev–Trinajstić information content (AvgIpc) is 2.01. The van der Waals surface area contributed by atoms with Gasteiger partial charge < -0.3 is 4.74 Å². The Labute approximate surface area is 77.5 Å². The van der Waals surface area contributed by atoms with Crippen molar-refractivity contribution in [2.24, 2.45) is 0 Å². The van der Waals surface area contributed by atoms with Gasteiger partial charge in [-0.15, -0.1) is 0 Å². The molecular weight excluding hydrogens is 202 g/mol. The maximum absolute atomic E-state index is 12.4. The van der Waals surface area contributed by atoms with Crippen molar-refractivity contribution in [3.05, 3.63) is 24.3 Å². The van der Waals surface area contributed by atoms with Gasteiger partial charge in [0.15, 0.2) is 0 Å². The quantitative estimate of drug-likeness (QED) is 0.563. The monoisotopic (exact) mass is 209 g/mol. The van der Waals surface area contributed by atoms with E-state index in [9.17, 15) is 17.6 Å². The van der Waals surface area contributed by atoms with Crippen LogP contribution in [0.2, 0.25) is 0 Å². The summed E-state index contributed by atoms with van der Waals surface area (Å²) in [4.78, 5) is 3.23. The van der Waals surface area contributed by atoms with Crippen molar-refractivity contribution >= 4 is 0 Å². The third kappa shape index (κ3) is 4.06. The van der Waals surface area contributed by atoms with E-state index in [2.05, 4.69) is 9.72 Å². The molecule has 6 heteroatoms. The van der Waals surface area contributed by atoms with Crippen LogP contribution in [0.1, 0.15) is 6.42 Å². The van der Waals surface area contributed by atoms with Crippen LogP contribution in [-0.2, 0) is 0 Å². The highest BCUT2D eigenvalue weighted by atomic mass is 19.4. The third-order valence-electron chi connectivity index (χ3n) is 1.35. The summed E-state index contributed by atoms with van der Waals surface area (Å²) in [6.07, 6.45) is -4.19. The zero-order chi connectivity index (χ0) is 10.6. The molecule has 14 heavy (non-hydrogen) atoms. The Morgan fingerprint density at radius 1 is 1.36 bits per heavy atom. The lowest BCUT2D eigenvalue weighted by molar-refractivity contribution is -0.139. The summed E-state index contributed by atoms with van der Waals surface area (Å²) in [5.41, 5.74) is 0. The topological polar surface area (TPSA) is 22.1 Å². The molecule has 1 aromatic rings. The van der Waals surface area contributed by atoms with E-state index < -0.39 is 25.2 Å². The predicted molar refractivity (Wildman–Crippen MR) is 40.4 cm³/mol. The molecule has 0 bridgehead atoms. The van der Waals surface area contributed by atoms with E-state index in [1.165, 1.54) is 6.07 Å². The first-order valence-corrected chi connectivity index (χ1v) is 3.78. The number of rotatable bonds is 3. The van der Waals surface area contributed by atoms with Crippen LogP contribution in [0.4, 0.5) is 17.6 Å². The highest BCUT2D eigenvalue weighted by Crippen LogP contribution is 2.20. The van der Waals surface area contributed by atoms with Gasteiger partial charge in [-0.1, -0.05) is 0 Å². The van der Waals surface area contributed by atoms with Crippen LogP contribution in [0.3, 0.4) is 0 Å². The van der Waals surface area contributed by atoms with Gasteiger partial charge in [0.25, 0.3) is 0 Å². The molecule has 0 spiro atoms. The molecule has 1 rings (SSSR count). The van der Waals surface area contributed by atoms with Crippen molar-refractivity contribution in [2.45, 2.75) is 12.6 Å². The summed E-state index contributed by atoms with van der Waals surface area (Å²) in [6.45, 7) is -0.521. The Hall–Kier alpha value is -1.33. The lowest BCUT2D eigenvalue weighted by Gasteiger charge is -2.07. The lowest BCUT2D eigenvalue weighted by Crippen LogP contribution is -2.13. The van der Waals surface area contributed by atoms with Gasteiger partial charge in [-0.25, -0.2) is 4.98 Å².